The second kappa shape index (κ2) is 9.07. The molecule has 0 saturated heterocycles. The molecule has 0 saturated carbocycles. The van der Waals surface area contributed by atoms with Crippen LogP contribution in [0, 0.1) is 29.9 Å². The van der Waals surface area contributed by atoms with Gasteiger partial charge in [0, 0.05) is 23.1 Å². The van der Waals surface area contributed by atoms with Gasteiger partial charge < -0.3 is 14.9 Å². The second-order valence-electron chi connectivity index (χ2n) is 7.98. The number of benzene rings is 2. The molecule has 1 aromatic heterocycles. The third-order valence-electron chi connectivity index (χ3n) is 5.82. The molecule has 3 aromatic rings. The fraction of sp³-hybridized carbons (Fsp3) is 0.304. The van der Waals surface area contributed by atoms with E-state index in [1.165, 1.54) is 26.0 Å². The first-order chi connectivity index (χ1) is 16.3. The minimum atomic E-state index is -5.60. The third kappa shape index (κ3) is 4.59. The van der Waals surface area contributed by atoms with Crippen molar-refractivity contribution < 1.29 is 36.4 Å². The lowest BCUT2D eigenvalue weighted by atomic mass is 9.70. The monoisotopic (exact) mass is 495 g/mol. The molecule has 0 aliphatic rings. The molecule has 2 atom stereocenters. The Kier molecular flexibility index (Phi) is 6.68. The Morgan fingerprint density at radius 2 is 1.86 bits per heavy atom. The normalized spacial score (nSPS) is 15.2. The van der Waals surface area contributed by atoms with Crippen molar-refractivity contribution in [3.05, 3.63) is 69.7 Å². The van der Waals surface area contributed by atoms with Crippen LogP contribution in [-0.4, -0.2) is 27.9 Å². The average Bonchev–Trinajstić information content (AvgIpc) is 2.81. The number of aromatic nitrogens is 1. The van der Waals surface area contributed by atoms with E-state index in [0.29, 0.717) is 12.1 Å². The summed E-state index contributed by atoms with van der Waals surface area (Å²) in [5, 5.41) is 26.0. The van der Waals surface area contributed by atoms with Crippen LogP contribution >= 0.6 is 0 Å². The van der Waals surface area contributed by atoms with Crippen molar-refractivity contribution in [2.24, 2.45) is 0 Å². The number of alkyl halides is 3. The highest BCUT2D eigenvalue weighted by atomic mass is 19.4. The first-order valence-corrected chi connectivity index (χ1v) is 10.2. The van der Waals surface area contributed by atoms with Crippen molar-refractivity contribution in [2.75, 3.05) is 5.32 Å². The maximum absolute atomic E-state index is 14.5. The summed E-state index contributed by atoms with van der Waals surface area (Å²) in [5.74, 6) is -4.14. The summed E-state index contributed by atoms with van der Waals surface area (Å²) in [7, 11) is 0. The molecule has 0 spiro atoms. The molecule has 2 N–H and O–H groups in total. The molecule has 0 bridgehead atoms. The number of aryl methyl sites for hydroxylation is 1. The van der Waals surface area contributed by atoms with E-state index < -0.39 is 58.8 Å². The number of carbonyl (C=O) groups is 1. The van der Waals surface area contributed by atoms with Crippen molar-refractivity contribution in [1.82, 2.24) is 5.16 Å². The molecular weight excluding hydrogens is 477 g/mol. The van der Waals surface area contributed by atoms with E-state index in [0.717, 1.165) is 18.2 Å². The Bertz CT molecular complexity index is 1400. The molecule has 2 aromatic carbocycles. The van der Waals surface area contributed by atoms with Gasteiger partial charge in [0.25, 0.3) is 5.91 Å². The highest BCUT2D eigenvalue weighted by Crippen LogP contribution is 2.44. The average molecular weight is 495 g/mol. The van der Waals surface area contributed by atoms with Gasteiger partial charge in [-0.3, -0.25) is 4.79 Å². The summed E-state index contributed by atoms with van der Waals surface area (Å²) in [5.41, 5.74) is -8.13. The van der Waals surface area contributed by atoms with Crippen molar-refractivity contribution in [3.8, 4) is 6.07 Å². The fourth-order valence-corrected chi connectivity index (χ4v) is 3.74. The number of hydrogen-bond acceptors (Lipinski definition) is 6. The van der Waals surface area contributed by atoms with Gasteiger partial charge in [0.05, 0.1) is 22.6 Å². The molecular formula is C23H18F5N3O4. The lowest BCUT2D eigenvalue weighted by molar-refractivity contribution is -0.254. The molecule has 1 amide bonds. The van der Waals surface area contributed by atoms with E-state index in [1.807, 2.05) is 5.32 Å². The van der Waals surface area contributed by atoms with E-state index in [9.17, 15) is 41.9 Å². The minimum Gasteiger partial charge on any atom is -0.373 e. The number of amides is 1. The predicted octanol–water partition coefficient (Wildman–Crippen LogP) is 4.27. The number of anilines is 1. The molecule has 0 aliphatic heterocycles. The number of rotatable bonds is 6. The first-order valence-electron chi connectivity index (χ1n) is 10.2. The van der Waals surface area contributed by atoms with E-state index >= 15 is 0 Å². The van der Waals surface area contributed by atoms with Crippen molar-refractivity contribution in [3.63, 3.8) is 0 Å². The van der Waals surface area contributed by atoms with E-state index in [1.54, 1.807) is 0 Å². The van der Waals surface area contributed by atoms with Crippen LogP contribution in [0.4, 0.5) is 27.6 Å². The lowest BCUT2D eigenvalue weighted by Crippen LogP contribution is -2.58. The Hall–Kier alpha value is -3.85. The zero-order valence-electron chi connectivity index (χ0n) is 18.3. The molecule has 3 rings (SSSR count). The smallest absolute Gasteiger partial charge is 0.373 e. The number of fused-ring (bicyclic) bond motifs is 1. The summed E-state index contributed by atoms with van der Waals surface area (Å²) in [6, 6.07) is 6.90. The van der Waals surface area contributed by atoms with E-state index in [4.69, 9.17) is 0 Å². The van der Waals surface area contributed by atoms with Crippen LogP contribution in [0.5, 0.6) is 0 Å². The number of aliphatic hydroxyl groups is 1. The molecule has 0 aliphatic carbocycles. The van der Waals surface area contributed by atoms with Gasteiger partial charge in [-0.1, -0.05) is 12.1 Å². The van der Waals surface area contributed by atoms with Crippen molar-refractivity contribution >= 4 is 22.4 Å². The Balaban J connectivity index is 2.07. The van der Waals surface area contributed by atoms with Gasteiger partial charge in [-0.25, -0.2) is 13.6 Å². The van der Waals surface area contributed by atoms with Gasteiger partial charge >= 0.3 is 11.8 Å². The van der Waals surface area contributed by atoms with Crippen LogP contribution < -0.4 is 10.9 Å². The zero-order valence-corrected chi connectivity index (χ0v) is 18.3. The number of carbonyl (C=O) groups excluding carboxylic acids is 1. The molecule has 184 valence electrons. The quantitative estimate of drug-likeness (QED) is 0.494. The maximum atomic E-state index is 14.5. The maximum Gasteiger partial charge on any atom is 0.426 e. The lowest BCUT2D eigenvalue weighted by Gasteiger charge is -2.36. The van der Waals surface area contributed by atoms with Crippen molar-refractivity contribution in [1.29, 1.82) is 5.26 Å². The SMILES string of the molecule is CCC(C#N)(CC(O)(C(=O)Nc1ccc2c(=O)onc(C)c2c1)C(F)(F)F)c1cc(F)ccc1F. The first kappa shape index (κ1) is 25.8. The highest BCUT2D eigenvalue weighted by molar-refractivity contribution is 6.00. The standard InChI is InChI=1S/C23H18F5N3O4/c1-3-21(11-29,17-8-13(24)4-7-18(17)25)10-22(34,23(26,27)28)20(33)30-14-5-6-15-16(9-14)12(2)31-35-19(15)32/h4-9,34H,3,10H2,1-2H3,(H,30,33). The van der Waals surface area contributed by atoms with Crippen LogP contribution in [0.25, 0.3) is 10.8 Å². The zero-order chi connectivity index (χ0) is 26.2. The number of halogens is 5. The number of nitrogens with one attached hydrogen (secondary N) is 1. The van der Waals surface area contributed by atoms with Gasteiger partial charge in [-0.05, 0) is 49.7 Å². The van der Waals surface area contributed by atoms with Gasteiger partial charge in [0.15, 0.2) is 0 Å². The van der Waals surface area contributed by atoms with Crippen LogP contribution in [0.15, 0.2) is 45.7 Å². The van der Waals surface area contributed by atoms with Crippen LogP contribution in [0.2, 0.25) is 0 Å². The summed E-state index contributed by atoms with van der Waals surface area (Å²) in [6.45, 7) is 2.70. The predicted molar refractivity (Wildman–Crippen MR) is 113 cm³/mol. The minimum absolute atomic E-state index is 0.0534. The van der Waals surface area contributed by atoms with Gasteiger partial charge in [-0.15, -0.1) is 0 Å². The molecule has 0 fully saturated rings. The third-order valence-corrected chi connectivity index (χ3v) is 5.82. The fourth-order valence-electron chi connectivity index (χ4n) is 3.74. The largest absolute Gasteiger partial charge is 0.426 e. The number of nitriles is 1. The Morgan fingerprint density at radius 1 is 1.17 bits per heavy atom. The number of hydrogen-bond donors (Lipinski definition) is 2. The summed E-state index contributed by atoms with van der Waals surface area (Å²) >= 11 is 0. The Labute approximate surface area is 194 Å². The second-order valence-corrected chi connectivity index (χ2v) is 7.98. The van der Waals surface area contributed by atoms with Gasteiger partial charge in [-0.2, -0.15) is 18.4 Å². The van der Waals surface area contributed by atoms with E-state index in [2.05, 4.69) is 9.68 Å². The molecule has 0 radical (unpaired) electrons. The van der Waals surface area contributed by atoms with Crippen molar-refractivity contribution in [2.45, 2.75) is 43.9 Å². The van der Waals surface area contributed by atoms with Gasteiger partial charge in [0.1, 0.15) is 11.6 Å². The number of nitrogens with zero attached hydrogens (tertiary/aromatic N) is 2. The van der Waals surface area contributed by atoms with E-state index in [-0.39, 0.29) is 22.2 Å². The summed E-state index contributed by atoms with van der Waals surface area (Å²) in [6.07, 6.45) is -7.69. The molecule has 12 heteroatoms. The van der Waals surface area contributed by atoms with Gasteiger partial charge in [0.2, 0.25) is 5.60 Å². The Morgan fingerprint density at radius 3 is 2.46 bits per heavy atom. The molecule has 7 nitrogen and oxygen atoms in total. The topological polar surface area (TPSA) is 116 Å². The summed E-state index contributed by atoms with van der Waals surface area (Å²) in [4.78, 5) is 24.6. The molecule has 35 heavy (non-hydrogen) atoms. The van der Waals surface area contributed by atoms with Crippen LogP contribution in [0.3, 0.4) is 0 Å². The molecule has 2 unspecified atom stereocenters. The summed E-state index contributed by atoms with van der Waals surface area (Å²) < 4.78 is 75.0. The van der Waals surface area contributed by atoms with Crippen LogP contribution in [-0.2, 0) is 10.2 Å². The molecule has 1 heterocycles. The van der Waals surface area contributed by atoms with Crippen LogP contribution in [0.1, 0.15) is 31.0 Å². The highest BCUT2D eigenvalue weighted by Gasteiger charge is 2.63.